The van der Waals surface area contributed by atoms with Crippen LogP contribution in [0.3, 0.4) is 0 Å². The summed E-state index contributed by atoms with van der Waals surface area (Å²) in [4.78, 5) is 0. The zero-order valence-corrected chi connectivity index (χ0v) is 12.5. The normalized spacial score (nSPS) is 12.8. The van der Waals surface area contributed by atoms with E-state index in [9.17, 15) is 4.39 Å². The fraction of sp³-hybridized carbons (Fsp3) is 0.429. The Labute approximate surface area is 122 Å². The van der Waals surface area contributed by atoms with E-state index in [1.165, 1.54) is 23.9 Å². The number of benzene rings is 1. The molecule has 1 aromatic heterocycles. The van der Waals surface area contributed by atoms with Gasteiger partial charge in [-0.3, -0.25) is 0 Å². The van der Waals surface area contributed by atoms with Gasteiger partial charge in [-0.1, -0.05) is 37.7 Å². The molecule has 0 amide bonds. The molecule has 2 rings (SSSR count). The number of quaternary nitrogens is 1. The highest BCUT2D eigenvalue weighted by atomic mass is 32.2. The largest absolute Gasteiger partial charge is 0.410 e. The van der Waals surface area contributed by atoms with Crippen molar-refractivity contribution in [3.05, 3.63) is 41.5 Å². The summed E-state index contributed by atoms with van der Waals surface area (Å²) in [7, 11) is 0. The van der Waals surface area contributed by atoms with Crippen LogP contribution in [0.15, 0.2) is 33.9 Å². The molecule has 0 radical (unpaired) electrons. The molecule has 0 unspecified atom stereocenters. The molecule has 4 nitrogen and oxygen atoms in total. The number of hydrogen-bond donors (Lipinski definition) is 1. The van der Waals surface area contributed by atoms with Gasteiger partial charge in [-0.05, 0) is 23.6 Å². The zero-order chi connectivity index (χ0) is 14.5. The quantitative estimate of drug-likeness (QED) is 0.832. The van der Waals surface area contributed by atoms with Gasteiger partial charge in [-0.25, -0.2) is 4.39 Å². The fourth-order valence-electron chi connectivity index (χ4n) is 1.84. The lowest BCUT2D eigenvalue weighted by molar-refractivity contribution is -0.435. The molecular weight excluding hydrogens is 277 g/mol. The van der Waals surface area contributed by atoms with E-state index in [4.69, 9.17) is 4.42 Å². The molecular formula is C14H19FN3OS+. The van der Waals surface area contributed by atoms with Gasteiger partial charge in [-0.15, -0.1) is 10.2 Å². The first-order valence-electron chi connectivity index (χ1n) is 6.58. The minimum atomic E-state index is -0.229. The summed E-state index contributed by atoms with van der Waals surface area (Å²) in [6, 6.07) is 6.43. The van der Waals surface area contributed by atoms with E-state index in [0.29, 0.717) is 22.8 Å². The van der Waals surface area contributed by atoms with Crippen LogP contribution in [0.2, 0.25) is 0 Å². The van der Waals surface area contributed by atoms with E-state index in [1.807, 2.05) is 0 Å². The predicted octanol–water partition coefficient (Wildman–Crippen LogP) is 2.83. The van der Waals surface area contributed by atoms with Gasteiger partial charge < -0.3 is 10.2 Å². The molecule has 3 N–H and O–H groups in total. The molecule has 0 spiro atoms. The number of hydrogen-bond acceptors (Lipinski definition) is 4. The topological polar surface area (TPSA) is 66.6 Å². The number of thioether (sulfide) groups is 1. The first kappa shape index (κ1) is 15.0. The number of rotatable bonds is 6. The Bertz CT molecular complexity index is 542. The second-order valence-electron chi connectivity index (χ2n) is 5.15. The van der Waals surface area contributed by atoms with Crippen molar-refractivity contribution in [3.8, 4) is 0 Å². The molecule has 108 valence electrons. The number of halogens is 1. The monoisotopic (exact) mass is 296 g/mol. The molecule has 0 aliphatic carbocycles. The van der Waals surface area contributed by atoms with Crippen molar-refractivity contribution in [2.45, 2.75) is 37.3 Å². The molecule has 0 aliphatic heterocycles. The molecule has 1 atom stereocenters. The van der Waals surface area contributed by atoms with Crippen molar-refractivity contribution in [1.29, 1.82) is 0 Å². The highest BCUT2D eigenvalue weighted by Gasteiger charge is 2.19. The van der Waals surface area contributed by atoms with Crippen molar-refractivity contribution in [2.75, 3.05) is 0 Å². The van der Waals surface area contributed by atoms with Gasteiger partial charge in [0.2, 0.25) is 0 Å². The van der Waals surface area contributed by atoms with Gasteiger partial charge in [0, 0.05) is 12.2 Å². The maximum atomic E-state index is 12.8. The van der Waals surface area contributed by atoms with Gasteiger partial charge in [0.15, 0.2) is 6.04 Å². The molecule has 0 saturated heterocycles. The van der Waals surface area contributed by atoms with Crippen molar-refractivity contribution in [3.63, 3.8) is 0 Å². The summed E-state index contributed by atoms with van der Waals surface area (Å²) < 4.78 is 18.4. The van der Waals surface area contributed by atoms with E-state index in [1.54, 1.807) is 12.1 Å². The molecule has 0 saturated carbocycles. The highest BCUT2D eigenvalue weighted by molar-refractivity contribution is 7.98. The lowest BCUT2D eigenvalue weighted by Crippen LogP contribution is -2.54. The molecule has 0 fully saturated rings. The van der Waals surface area contributed by atoms with Crippen molar-refractivity contribution >= 4 is 11.8 Å². The van der Waals surface area contributed by atoms with Crippen LogP contribution in [0.25, 0.3) is 0 Å². The minimum absolute atomic E-state index is 0.0303. The van der Waals surface area contributed by atoms with Gasteiger partial charge in [-0.2, -0.15) is 0 Å². The third-order valence-corrected chi connectivity index (χ3v) is 3.69. The van der Waals surface area contributed by atoms with Crippen LogP contribution in [-0.4, -0.2) is 10.2 Å². The fourth-order valence-corrected chi connectivity index (χ4v) is 2.56. The Morgan fingerprint density at radius 2 is 1.95 bits per heavy atom. The average molecular weight is 296 g/mol. The molecule has 1 aromatic carbocycles. The lowest BCUT2D eigenvalue weighted by Gasteiger charge is -2.05. The number of nitrogens with zero attached hydrogens (tertiary/aromatic N) is 2. The summed E-state index contributed by atoms with van der Waals surface area (Å²) >= 11 is 1.45. The lowest BCUT2D eigenvalue weighted by atomic mass is 10.1. The highest BCUT2D eigenvalue weighted by Crippen LogP contribution is 2.24. The van der Waals surface area contributed by atoms with E-state index in [2.05, 4.69) is 29.8 Å². The predicted molar refractivity (Wildman–Crippen MR) is 75.3 cm³/mol. The van der Waals surface area contributed by atoms with Crippen LogP contribution in [0.4, 0.5) is 4.39 Å². The zero-order valence-electron chi connectivity index (χ0n) is 11.7. The van der Waals surface area contributed by atoms with Crippen molar-refractivity contribution in [2.24, 2.45) is 5.92 Å². The first-order valence-corrected chi connectivity index (χ1v) is 7.57. The van der Waals surface area contributed by atoms with E-state index < -0.39 is 0 Å². The number of aromatic nitrogens is 2. The Morgan fingerprint density at radius 1 is 1.25 bits per heavy atom. The Hall–Kier alpha value is -1.40. The third-order valence-electron chi connectivity index (χ3n) is 2.80. The Morgan fingerprint density at radius 3 is 2.60 bits per heavy atom. The summed E-state index contributed by atoms with van der Waals surface area (Å²) in [5.41, 5.74) is 5.06. The third kappa shape index (κ3) is 4.31. The molecule has 6 heteroatoms. The molecule has 20 heavy (non-hydrogen) atoms. The summed E-state index contributed by atoms with van der Waals surface area (Å²) in [5, 5.41) is 8.57. The van der Waals surface area contributed by atoms with E-state index in [-0.39, 0.29) is 11.9 Å². The van der Waals surface area contributed by atoms with Crippen LogP contribution < -0.4 is 5.73 Å². The second kappa shape index (κ2) is 6.85. The summed E-state index contributed by atoms with van der Waals surface area (Å²) in [6.45, 7) is 4.28. The van der Waals surface area contributed by atoms with Gasteiger partial charge >= 0.3 is 0 Å². The standard InChI is InChI=1S/C14H18FN3OS/c1-9(2)7-12(16)13-17-18-14(19-13)20-8-10-3-5-11(15)6-4-10/h3-6,9,12H,7-8,16H2,1-2H3/p+1/t12-/m0/s1. The molecule has 1 heterocycles. The maximum absolute atomic E-state index is 12.8. The maximum Gasteiger partial charge on any atom is 0.277 e. The van der Waals surface area contributed by atoms with Crippen molar-refractivity contribution < 1.29 is 14.5 Å². The second-order valence-corrected chi connectivity index (χ2v) is 6.07. The van der Waals surface area contributed by atoms with Gasteiger partial charge in [0.25, 0.3) is 11.1 Å². The summed E-state index contributed by atoms with van der Waals surface area (Å²) in [5.74, 6) is 1.57. The first-order chi connectivity index (χ1) is 9.54. The summed E-state index contributed by atoms with van der Waals surface area (Å²) in [6.07, 6.45) is 0.921. The van der Waals surface area contributed by atoms with Crippen LogP contribution >= 0.6 is 11.8 Å². The Kier molecular flexibility index (Phi) is 5.14. The van der Waals surface area contributed by atoms with E-state index >= 15 is 0 Å². The van der Waals surface area contributed by atoms with Crippen LogP contribution in [-0.2, 0) is 5.75 Å². The smallest absolute Gasteiger partial charge is 0.277 e. The average Bonchev–Trinajstić information content (AvgIpc) is 2.86. The van der Waals surface area contributed by atoms with Crippen LogP contribution in [0.5, 0.6) is 0 Å². The van der Waals surface area contributed by atoms with Crippen molar-refractivity contribution in [1.82, 2.24) is 10.2 Å². The molecule has 0 bridgehead atoms. The minimum Gasteiger partial charge on any atom is -0.410 e. The van der Waals surface area contributed by atoms with Crippen LogP contribution in [0.1, 0.15) is 37.8 Å². The van der Waals surface area contributed by atoms with E-state index in [0.717, 1.165) is 12.0 Å². The molecule has 2 aromatic rings. The van der Waals surface area contributed by atoms with Gasteiger partial charge in [0.05, 0.1) is 0 Å². The molecule has 0 aliphatic rings. The van der Waals surface area contributed by atoms with Crippen LogP contribution in [0, 0.1) is 11.7 Å². The van der Waals surface area contributed by atoms with Gasteiger partial charge in [0.1, 0.15) is 5.82 Å². The Balaban J connectivity index is 1.91. The SMILES string of the molecule is CC(C)C[C@H]([NH3+])c1nnc(SCc2ccc(F)cc2)o1.